The average Bonchev–Trinajstić information content (AvgIpc) is 3.14. The Hall–Kier alpha value is -3.28. The van der Waals surface area contributed by atoms with Crippen LogP contribution in [0.15, 0.2) is 65.2 Å². The number of hydrogen-bond donors (Lipinski definition) is 0. The van der Waals surface area contributed by atoms with E-state index < -0.39 is 11.8 Å². The van der Waals surface area contributed by atoms with E-state index in [1.165, 1.54) is 12.3 Å². The molecule has 0 bridgehead atoms. The van der Waals surface area contributed by atoms with Gasteiger partial charge in [-0.3, -0.25) is 9.59 Å². The molecule has 0 spiro atoms. The molecule has 0 N–H and O–H groups in total. The molecule has 0 atom stereocenters. The van der Waals surface area contributed by atoms with E-state index in [9.17, 15) is 14.0 Å². The first kappa shape index (κ1) is 17.5. The largest absolute Gasteiger partial charge is 0.457 e. The van der Waals surface area contributed by atoms with Crippen LogP contribution in [0.2, 0.25) is 0 Å². The molecule has 0 saturated carbocycles. The zero-order valence-corrected chi connectivity index (χ0v) is 13.9. The summed E-state index contributed by atoms with van der Waals surface area (Å²) in [6, 6.07) is 14.8. The maximum absolute atomic E-state index is 13.7. The Morgan fingerprint density at radius 1 is 1.04 bits per heavy atom. The van der Waals surface area contributed by atoms with Crippen LogP contribution in [0, 0.1) is 5.82 Å². The summed E-state index contributed by atoms with van der Waals surface area (Å²) < 4.78 is 24.2. The Labute approximate surface area is 149 Å². The molecule has 5 nitrogen and oxygen atoms in total. The normalized spacial score (nSPS) is 10.5. The Morgan fingerprint density at radius 3 is 2.54 bits per heavy atom. The van der Waals surface area contributed by atoms with E-state index in [-0.39, 0.29) is 25.2 Å². The average molecular weight is 353 g/mol. The van der Waals surface area contributed by atoms with Crippen LogP contribution in [0.25, 0.3) is 11.3 Å². The van der Waals surface area contributed by atoms with Gasteiger partial charge in [-0.25, -0.2) is 9.37 Å². The van der Waals surface area contributed by atoms with Gasteiger partial charge in [0.2, 0.25) is 0 Å². The smallest absolute Gasteiger partial charge is 0.306 e. The van der Waals surface area contributed by atoms with Gasteiger partial charge in [0, 0.05) is 12.0 Å². The number of oxazole rings is 1. The van der Waals surface area contributed by atoms with Crippen molar-refractivity contribution in [2.24, 2.45) is 0 Å². The van der Waals surface area contributed by atoms with Crippen molar-refractivity contribution in [1.29, 1.82) is 0 Å². The molecule has 0 aliphatic carbocycles. The van der Waals surface area contributed by atoms with Crippen LogP contribution in [0.1, 0.15) is 22.7 Å². The number of carbonyl (C=O) groups is 2. The lowest BCUT2D eigenvalue weighted by Crippen LogP contribution is -2.14. The van der Waals surface area contributed by atoms with Crippen molar-refractivity contribution in [3.05, 3.63) is 78.1 Å². The molecule has 3 aromatic rings. The third kappa shape index (κ3) is 4.42. The second-order valence-corrected chi connectivity index (χ2v) is 5.55. The van der Waals surface area contributed by atoms with Gasteiger partial charge in [0.15, 0.2) is 24.0 Å². The summed E-state index contributed by atoms with van der Waals surface area (Å²) in [6.45, 7) is -0.311. The topological polar surface area (TPSA) is 69.4 Å². The lowest BCUT2D eigenvalue weighted by atomic mass is 10.1. The predicted octanol–water partition coefficient (Wildman–Crippen LogP) is 3.84. The predicted molar refractivity (Wildman–Crippen MR) is 91.9 cm³/mol. The van der Waals surface area contributed by atoms with Crippen LogP contribution < -0.4 is 0 Å². The number of nitrogens with zero attached hydrogens (tertiary/aromatic N) is 1. The number of esters is 1. The van der Waals surface area contributed by atoms with Gasteiger partial charge in [-0.2, -0.15) is 0 Å². The Kier molecular flexibility index (Phi) is 5.53. The Bertz CT molecular complexity index is 905. The zero-order chi connectivity index (χ0) is 18.4. The molecule has 0 aliphatic heterocycles. The minimum Gasteiger partial charge on any atom is -0.457 e. The fraction of sp³-hybridized carbons (Fsp3) is 0.150. The molecule has 0 amide bonds. The van der Waals surface area contributed by atoms with Crippen LogP contribution in [0.5, 0.6) is 0 Å². The van der Waals surface area contributed by atoms with Gasteiger partial charge in [0.05, 0.1) is 18.2 Å². The SMILES string of the molecule is O=C(CCc1ncc(-c2ccccc2F)o1)OCC(=O)c1ccccc1. The number of benzene rings is 2. The first-order valence-corrected chi connectivity index (χ1v) is 8.07. The van der Waals surface area contributed by atoms with Gasteiger partial charge in [0.1, 0.15) is 5.82 Å². The van der Waals surface area contributed by atoms with Gasteiger partial charge < -0.3 is 9.15 Å². The van der Waals surface area contributed by atoms with Crippen molar-refractivity contribution >= 4 is 11.8 Å². The highest BCUT2D eigenvalue weighted by Gasteiger charge is 2.13. The summed E-state index contributed by atoms with van der Waals surface area (Å²) in [5.74, 6) is -0.605. The van der Waals surface area contributed by atoms with Crippen LogP contribution in [-0.4, -0.2) is 23.3 Å². The number of hydrogen-bond acceptors (Lipinski definition) is 5. The zero-order valence-electron chi connectivity index (χ0n) is 13.9. The lowest BCUT2D eigenvalue weighted by molar-refractivity contribution is -0.142. The number of aryl methyl sites for hydroxylation is 1. The van der Waals surface area contributed by atoms with Crippen LogP contribution in [0.3, 0.4) is 0 Å². The molecule has 1 aromatic heterocycles. The van der Waals surface area contributed by atoms with Gasteiger partial charge in [-0.1, -0.05) is 42.5 Å². The highest BCUT2D eigenvalue weighted by atomic mass is 19.1. The van der Waals surface area contributed by atoms with Crippen molar-refractivity contribution in [2.75, 3.05) is 6.61 Å². The molecule has 0 aliphatic rings. The summed E-state index contributed by atoms with van der Waals surface area (Å²) in [5.41, 5.74) is 0.796. The van der Waals surface area contributed by atoms with Crippen molar-refractivity contribution < 1.29 is 23.1 Å². The standard InChI is InChI=1S/C20H16FNO4/c21-16-9-5-4-8-15(16)18-12-22-19(26-18)10-11-20(24)25-13-17(23)14-6-2-1-3-7-14/h1-9,12H,10-11,13H2. The number of halogens is 1. The molecule has 6 heteroatoms. The first-order valence-electron chi connectivity index (χ1n) is 8.07. The van der Waals surface area contributed by atoms with Gasteiger partial charge in [-0.05, 0) is 12.1 Å². The third-order valence-corrected chi connectivity index (χ3v) is 3.70. The molecular formula is C20H16FNO4. The van der Waals surface area contributed by atoms with E-state index in [0.29, 0.717) is 22.8 Å². The number of ether oxygens (including phenoxy) is 1. The summed E-state index contributed by atoms with van der Waals surface area (Å²) in [5, 5.41) is 0. The third-order valence-electron chi connectivity index (χ3n) is 3.70. The van der Waals surface area contributed by atoms with E-state index in [1.807, 2.05) is 0 Å². The molecule has 3 rings (SSSR count). The van der Waals surface area contributed by atoms with E-state index in [0.717, 1.165) is 0 Å². The number of carbonyl (C=O) groups excluding carboxylic acids is 2. The van der Waals surface area contributed by atoms with E-state index in [2.05, 4.69) is 4.98 Å². The molecule has 0 radical (unpaired) electrons. The summed E-state index contributed by atoms with van der Waals surface area (Å²) in [4.78, 5) is 27.7. The minimum atomic E-state index is -0.528. The number of aromatic nitrogens is 1. The fourth-order valence-corrected chi connectivity index (χ4v) is 2.35. The number of ketones is 1. The van der Waals surface area contributed by atoms with Gasteiger partial charge >= 0.3 is 5.97 Å². The molecule has 0 fully saturated rings. The Balaban J connectivity index is 1.49. The maximum atomic E-state index is 13.7. The fourth-order valence-electron chi connectivity index (χ4n) is 2.35. The maximum Gasteiger partial charge on any atom is 0.306 e. The van der Waals surface area contributed by atoms with Crippen LogP contribution >= 0.6 is 0 Å². The van der Waals surface area contributed by atoms with Crippen molar-refractivity contribution in [3.63, 3.8) is 0 Å². The molecule has 26 heavy (non-hydrogen) atoms. The van der Waals surface area contributed by atoms with Crippen molar-refractivity contribution in [1.82, 2.24) is 4.98 Å². The monoisotopic (exact) mass is 353 g/mol. The highest BCUT2D eigenvalue weighted by molar-refractivity contribution is 5.97. The van der Waals surface area contributed by atoms with Crippen LogP contribution in [0.4, 0.5) is 4.39 Å². The molecule has 1 heterocycles. The summed E-state index contributed by atoms with van der Waals surface area (Å²) in [7, 11) is 0. The van der Waals surface area contributed by atoms with E-state index in [1.54, 1.807) is 48.5 Å². The summed E-state index contributed by atoms with van der Waals surface area (Å²) in [6.07, 6.45) is 1.63. The number of Topliss-reactive ketones (excluding diaryl/α,β-unsaturated/α-hetero) is 1. The lowest BCUT2D eigenvalue weighted by Gasteiger charge is -2.03. The highest BCUT2D eigenvalue weighted by Crippen LogP contribution is 2.23. The molecular weight excluding hydrogens is 337 g/mol. The molecule has 2 aromatic carbocycles. The quantitative estimate of drug-likeness (QED) is 0.477. The summed E-state index contributed by atoms with van der Waals surface area (Å²) >= 11 is 0. The van der Waals surface area contributed by atoms with Crippen molar-refractivity contribution in [2.45, 2.75) is 12.8 Å². The van der Waals surface area contributed by atoms with E-state index >= 15 is 0 Å². The number of rotatable bonds is 7. The van der Waals surface area contributed by atoms with Gasteiger partial charge in [-0.15, -0.1) is 0 Å². The second-order valence-electron chi connectivity index (χ2n) is 5.55. The van der Waals surface area contributed by atoms with Gasteiger partial charge in [0.25, 0.3) is 0 Å². The molecule has 0 saturated heterocycles. The van der Waals surface area contributed by atoms with Crippen molar-refractivity contribution in [3.8, 4) is 11.3 Å². The second kappa shape index (κ2) is 8.20. The first-order chi connectivity index (χ1) is 12.6. The van der Waals surface area contributed by atoms with Crippen LogP contribution in [-0.2, 0) is 16.0 Å². The minimum absolute atomic E-state index is 0.0132. The molecule has 0 unspecified atom stereocenters. The van der Waals surface area contributed by atoms with E-state index in [4.69, 9.17) is 9.15 Å². The Morgan fingerprint density at radius 2 is 1.77 bits per heavy atom. The molecule has 132 valence electrons.